The van der Waals surface area contributed by atoms with E-state index >= 15 is 0 Å². The van der Waals surface area contributed by atoms with Crippen LogP contribution in [-0.4, -0.2) is 34.2 Å². The van der Waals surface area contributed by atoms with Gasteiger partial charge in [0.15, 0.2) is 16.7 Å². The van der Waals surface area contributed by atoms with Crippen molar-refractivity contribution in [2.24, 2.45) is 0 Å². The summed E-state index contributed by atoms with van der Waals surface area (Å²) in [7, 11) is 0. The first kappa shape index (κ1) is 24.1. The summed E-state index contributed by atoms with van der Waals surface area (Å²) in [4.78, 5) is 51.6. The lowest BCUT2D eigenvalue weighted by atomic mass is 10.1. The molecule has 0 saturated carbocycles. The highest BCUT2D eigenvalue weighted by Gasteiger charge is 2.21. The zero-order chi connectivity index (χ0) is 24.0. The molecule has 0 aliphatic rings. The van der Waals surface area contributed by atoms with E-state index in [1.54, 1.807) is 19.1 Å². The number of rotatable bonds is 9. The van der Waals surface area contributed by atoms with E-state index in [-0.39, 0.29) is 17.2 Å². The number of aryl methyl sites for hydroxylation is 1. The van der Waals surface area contributed by atoms with Gasteiger partial charge in [0.1, 0.15) is 0 Å². The lowest BCUT2D eigenvalue weighted by Crippen LogP contribution is -2.15. The molecular formula is C22H19N3O6S2. The lowest BCUT2D eigenvalue weighted by molar-refractivity contribution is -0.387. The van der Waals surface area contributed by atoms with Crippen LogP contribution in [-0.2, 0) is 9.53 Å². The number of ether oxygens (including phenoxy) is 1. The number of nitro groups is 1. The average Bonchev–Trinajstić information content (AvgIpc) is 3.22. The van der Waals surface area contributed by atoms with E-state index < -0.39 is 23.3 Å². The second kappa shape index (κ2) is 10.8. The summed E-state index contributed by atoms with van der Waals surface area (Å²) in [5.74, 6) is -1.44. The van der Waals surface area contributed by atoms with Crippen LogP contribution < -0.4 is 5.32 Å². The van der Waals surface area contributed by atoms with Gasteiger partial charge in [-0.15, -0.1) is 11.3 Å². The van der Waals surface area contributed by atoms with Crippen LogP contribution in [0.15, 0.2) is 57.1 Å². The first-order chi connectivity index (χ1) is 15.8. The molecule has 0 bridgehead atoms. The molecule has 0 aliphatic carbocycles. The molecule has 1 N–H and O–H groups in total. The quantitative estimate of drug-likeness (QED) is 0.196. The summed E-state index contributed by atoms with van der Waals surface area (Å²) in [6, 6.07) is 10.2. The predicted molar refractivity (Wildman–Crippen MR) is 124 cm³/mol. The number of nitro benzene ring substituents is 1. The van der Waals surface area contributed by atoms with Gasteiger partial charge in [-0.25, -0.2) is 9.78 Å². The fourth-order valence-corrected chi connectivity index (χ4v) is 4.51. The smallest absolute Gasteiger partial charge is 0.338 e. The van der Waals surface area contributed by atoms with Crippen LogP contribution in [0.2, 0.25) is 0 Å². The summed E-state index contributed by atoms with van der Waals surface area (Å²) in [6.45, 7) is 3.03. The van der Waals surface area contributed by atoms with Gasteiger partial charge < -0.3 is 10.1 Å². The highest BCUT2D eigenvalue weighted by atomic mass is 32.2. The van der Waals surface area contributed by atoms with E-state index in [4.69, 9.17) is 4.74 Å². The third-order valence-corrected chi connectivity index (χ3v) is 6.45. The summed E-state index contributed by atoms with van der Waals surface area (Å²) in [5, 5.41) is 16.0. The van der Waals surface area contributed by atoms with Crippen molar-refractivity contribution in [2.45, 2.75) is 29.5 Å². The van der Waals surface area contributed by atoms with Gasteiger partial charge in [-0.05, 0) is 43.3 Å². The molecule has 0 atom stereocenters. The van der Waals surface area contributed by atoms with Crippen molar-refractivity contribution in [1.29, 1.82) is 0 Å². The maximum atomic E-state index is 12.4. The highest BCUT2D eigenvalue weighted by Crippen LogP contribution is 2.36. The molecule has 0 aliphatic heterocycles. The maximum Gasteiger partial charge on any atom is 0.338 e. The zero-order valence-electron chi connectivity index (χ0n) is 17.7. The minimum atomic E-state index is -0.847. The van der Waals surface area contributed by atoms with E-state index in [0.29, 0.717) is 26.9 Å². The number of carbonyl (C=O) groups excluding carboxylic acids is 3. The summed E-state index contributed by atoms with van der Waals surface area (Å²) < 4.78 is 5.70. The SMILES string of the molecule is CCC(=O)Nc1ccc(C(=O)COC(=O)c2ccc(Sc3nc(C)cs3)c([N+](=O)[O-])c2)cc1. The van der Waals surface area contributed by atoms with Crippen LogP contribution in [0.25, 0.3) is 0 Å². The molecule has 3 aromatic rings. The number of aromatic nitrogens is 1. The Bertz CT molecular complexity index is 1210. The van der Waals surface area contributed by atoms with Crippen LogP contribution in [0, 0.1) is 17.0 Å². The van der Waals surface area contributed by atoms with Crippen molar-refractivity contribution < 1.29 is 24.0 Å². The van der Waals surface area contributed by atoms with E-state index in [0.717, 1.165) is 23.5 Å². The Labute approximate surface area is 197 Å². The number of anilines is 1. The number of hydrogen-bond donors (Lipinski definition) is 1. The van der Waals surface area contributed by atoms with Gasteiger partial charge in [0.05, 0.1) is 15.4 Å². The molecule has 0 spiro atoms. The second-order valence-electron chi connectivity index (χ2n) is 6.77. The molecule has 0 radical (unpaired) electrons. The molecule has 9 nitrogen and oxygen atoms in total. The molecule has 0 fully saturated rings. The third kappa shape index (κ3) is 6.46. The monoisotopic (exact) mass is 485 g/mol. The summed E-state index contributed by atoms with van der Waals surface area (Å²) >= 11 is 2.51. The first-order valence-corrected chi connectivity index (χ1v) is 11.4. The van der Waals surface area contributed by atoms with Crippen molar-refractivity contribution in [2.75, 3.05) is 11.9 Å². The van der Waals surface area contributed by atoms with Gasteiger partial charge in [-0.1, -0.05) is 18.7 Å². The van der Waals surface area contributed by atoms with Crippen LogP contribution in [0.3, 0.4) is 0 Å². The number of carbonyl (C=O) groups is 3. The molecule has 2 aromatic carbocycles. The van der Waals surface area contributed by atoms with E-state index in [1.807, 2.05) is 12.3 Å². The van der Waals surface area contributed by atoms with Crippen molar-refractivity contribution in [3.8, 4) is 0 Å². The second-order valence-corrected chi connectivity index (χ2v) is 8.92. The number of amides is 1. The number of hydrogen-bond acceptors (Lipinski definition) is 9. The predicted octanol–water partition coefficient (Wildman–Crippen LogP) is 4.90. The van der Waals surface area contributed by atoms with Gasteiger partial charge >= 0.3 is 5.97 Å². The van der Waals surface area contributed by atoms with Gasteiger partial charge in [-0.3, -0.25) is 19.7 Å². The Kier molecular flexibility index (Phi) is 7.91. The van der Waals surface area contributed by atoms with Crippen LogP contribution in [0.4, 0.5) is 11.4 Å². The molecule has 1 aromatic heterocycles. The molecular weight excluding hydrogens is 466 g/mol. The number of esters is 1. The molecule has 1 amide bonds. The van der Waals surface area contributed by atoms with Gasteiger partial charge in [0, 0.05) is 34.8 Å². The topological polar surface area (TPSA) is 128 Å². The Morgan fingerprint density at radius 2 is 1.85 bits per heavy atom. The number of thiazole rings is 1. The molecule has 170 valence electrons. The Morgan fingerprint density at radius 3 is 2.45 bits per heavy atom. The van der Waals surface area contributed by atoms with E-state index in [1.165, 1.54) is 35.6 Å². The van der Waals surface area contributed by atoms with Crippen molar-refractivity contribution in [3.05, 3.63) is 74.8 Å². The zero-order valence-corrected chi connectivity index (χ0v) is 19.3. The molecule has 0 unspecified atom stereocenters. The largest absolute Gasteiger partial charge is 0.454 e. The fraction of sp³-hybridized carbons (Fsp3) is 0.182. The van der Waals surface area contributed by atoms with Crippen molar-refractivity contribution in [1.82, 2.24) is 4.98 Å². The highest BCUT2D eigenvalue weighted by molar-refractivity contribution is 8.01. The van der Waals surface area contributed by atoms with E-state index in [2.05, 4.69) is 10.3 Å². The van der Waals surface area contributed by atoms with Crippen molar-refractivity contribution >= 4 is 52.1 Å². The number of nitrogens with one attached hydrogen (secondary N) is 1. The third-order valence-electron chi connectivity index (χ3n) is 4.33. The van der Waals surface area contributed by atoms with E-state index in [9.17, 15) is 24.5 Å². The van der Waals surface area contributed by atoms with Gasteiger partial charge in [0.2, 0.25) is 5.91 Å². The summed E-state index contributed by atoms with van der Waals surface area (Å²) in [6.07, 6.45) is 0.332. The minimum absolute atomic E-state index is 0.0354. The number of benzene rings is 2. The Morgan fingerprint density at radius 1 is 1.15 bits per heavy atom. The van der Waals surface area contributed by atoms with Gasteiger partial charge in [-0.2, -0.15) is 0 Å². The van der Waals surface area contributed by atoms with Gasteiger partial charge in [0.25, 0.3) is 5.69 Å². The van der Waals surface area contributed by atoms with Crippen molar-refractivity contribution in [3.63, 3.8) is 0 Å². The molecule has 1 heterocycles. The Hall–Kier alpha value is -3.57. The number of Topliss-reactive ketones (excluding diaryl/α,β-unsaturated/α-hetero) is 1. The standard InChI is InChI=1S/C22H19N3O6S2/c1-3-20(27)24-16-7-4-14(5-8-16)18(26)11-31-21(28)15-6-9-19(17(10-15)25(29)30)33-22-23-13(2)12-32-22/h4-10,12H,3,11H2,1-2H3,(H,24,27). The van der Waals surface area contributed by atoms with Crippen LogP contribution in [0.1, 0.15) is 39.8 Å². The maximum absolute atomic E-state index is 12.4. The molecule has 11 heteroatoms. The lowest BCUT2D eigenvalue weighted by Gasteiger charge is -2.07. The number of nitrogens with zero attached hydrogens (tertiary/aromatic N) is 2. The summed E-state index contributed by atoms with van der Waals surface area (Å²) in [5.41, 5.74) is 1.38. The van der Waals surface area contributed by atoms with Crippen LogP contribution >= 0.6 is 23.1 Å². The number of ketones is 1. The minimum Gasteiger partial charge on any atom is -0.454 e. The fourth-order valence-electron chi connectivity index (χ4n) is 2.63. The van der Waals surface area contributed by atoms with Crippen LogP contribution in [0.5, 0.6) is 0 Å². The average molecular weight is 486 g/mol. The molecule has 33 heavy (non-hydrogen) atoms. The normalized spacial score (nSPS) is 10.5. The molecule has 3 rings (SSSR count). The Balaban J connectivity index is 1.64. The first-order valence-electron chi connectivity index (χ1n) is 9.75. The molecule has 0 saturated heterocycles.